The molecule has 0 aliphatic carbocycles. The molecule has 2 saturated heterocycles. The second-order valence-electron chi connectivity index (χ2n) is 4.76. The number of fused-ring (bicyclic) bond motifs is 1. The van der Waals surface area contributed by atoms with Gasteiger partial charge in [0.05, 0.1) is 10.7 Å². The quantitative estimate of drug-likeness (QED) is 0.843. The Morgan fingerprint density at radius 1 is 1.25 bits per heavy atom. The van der Waals surface area contributed by atoms with Crippen molar-refractivity contribution in [1.82, 2.24) is 4.90 Å². The maximum absolute atomic E-state index is 12.4. The van der Waals surface area contributed by atoms with Crippen LogP contribution in [0.5, 0.6) is 0 Å². The number of halogens is 1. The lowest BCUT2D eigenvalue weighted by Crippen LogP contribution is -2.42. The molecule has 2 fully saturated rings. The van der Waals surface area contributed by atoms with Gasteiger partial charge >= 0.3 is 12.0 Å². The van der Waals surface area contributed by atoms with E-state index in [0.717, 1.165) is 9.80 Å². The number of hydrogen-bond acceptors (Lipinski definition) is 3. The molecule has 2 aliphatic rings. The summed E-state index contributed by atoms with van der Waals surface area (Å²) in [7, 11) is 0. The van der Waals surface area contributed by atoms with E-state index >= 15 is 0 Å². The maximum atomic E-state index is 12.4. The Balaban J connectivity index is 2.01. The maximum Gasteiger partial charge on any atom is 0.332 e. The highest BCUT2D eigenvalue weighted by Gasteiger charge is 2.54. The molecule has 6 nitrogen and oxygen atoms in total. The van der Waals surface area contributed by atoms with Crippen molar-refractivity contribution in [1.29, 1.82) is 0 Å². The van der Waals surface area contributed by atoms with Crippen LogP contribution in [0.1, 0.15) is 12.8 Å². The highest BCUT2D eigenvalue weighted by atomic mass is 35.5. The molecule has 0 unspecified atom stereocenters. The number of rotatable bonds is 2. The van der Waals surface area contributed by atoms with Gasteiger partial charge in [0.15, 0.2) is 0 Å². The van der Waals surface area contributed by atoms with Crippen molar-refractivity contribution in [2.75, 3.05) is 4.90 Å². The second kappa shape index (κ2) is 4.49. The van der Waals surface area contributed by atoms with E-state index in [1.807, 2.05) is 0 Å². The number of aliphatic carboxylic acids is 1. The summed E-state index contributed by atoms with van der Waals surface area (Å²) in [4.78, 5) is 38.0. The summed E-state index contributed by atoms with van der Waals surface area (Å²) in [5, 5.41) is 9.41. The van der Waals surface area contributed by atoms with E-state index in [1.165, 1.54) is 0 Å². The Morgan fingerprint density at radius 2 is 1.95 bits per heavy atom. The number of urea groups is 1. The number of carboxylic acid groups (broad SMARTS) is 1. The first-order valence-corrected chi connectivity index (χ1v) is 6.53. The average molecular weight is 295 g/mol. The molecule has 20 heavy (non-hydrogen) atoms. The monoisotopic (exact) mass is 294 g/mol. The van der Waals surface area contributed by atoms with Crippen molar-refractivity contribution in [3.8, 4) is 0 Å². The third-order valence-corrected chi connectivity index (χ3v) is 4.00. The first-order chi connectivity index (χ1) is 9.52. The van der Waals surface area contributed by atoms with Gasteiger partial charge in [-0.05, 0) is 25.0 Å². The van der Waals surface area contributed by atoms with Gasteiger partial charge < -0.3 is 5.11 Å². The third-order valence-electron chi connectivity index (χ3n) is 3.68. The lowest BCUT2D eigenvalue weighted by atomic mass is 10.1. The number of amides is 3. The molecule has 2 aliphatic heterocycles. The van der Waals surface area contributed by atoms with Gasteiger partial charge in [-0.1, -0.05) is 23.7 Å². The van der Waals surface area contributed by atoms with Gasteiger partial charge in [-0.25, -0.2) is 14.5 Å². The zero-order chi connectivity index (χ0) is 14.4. The highest BCUT2D eigenvalue weighted by Crippen LogP contribution is 2.37. The van der Waals surface area contributed by atoms with Crippen LogP contribution in [0.2, 0.25) is 5.02 Å². The SMILES string of the molecule is O=C(O)[C@@H]1CC[C@@H]2C(=O)N(c3ccccc3Cl)C(=O)N21. The van der Waals surface area contributed by atoms with Gasteiger partial charge in [0.1, 0.15) is 12.1 Å². The van der Waals surface area contributed by atoms with Crippen LogP contribution in [-0.2, 0) is 9.59 Å². The first kappa shape index (κ1) is 12.9. The van der Waals surface area contributed by atoms with Gasteiger partial charge in [0.2, 0.25) is 0 Å². The van der Waals surface area contributed by atoms with Crippen molar-refractivity contribution in [2.24, 2.45) is 0 Å². The molecule has 0 saturated carbocycles. The first-order valence-electron chi connectivity index (χ1n) is 6.16. The Kier molecular flexibility index (Phi) is 2.90. The molecule has 3 amide bonds. The Hall–Kier alpha value is -2.08. The van der Waals surface area contributed by atoms with Crippen molar-refractivity contribution >= 4 is 35.2 Å². The number of anilines is 1. The summed E-state index contributed by atoms with van der Waals surface area (Å²) in [6.45, 7) is 0. The van der Waals surface area contributed by atoms with E-state index in [0.29, 0.717) is 18.5 Å². The second-order valence-corrected chi connectivity index (χ2v) is 5.17. The third kappa shape index (κ3) is 1.68. The van der Waals surface area contributed by atoms with Crippen molar-refractivity contribution in [2.45, 2.75) is 24.9 Å². The number of carbonyl (C=O) groups is 3. The molecule has 7 heteroatoms. The summed E-state index contributed by atoms with van der Waals surface area (Å²) >= 11 is 6.01. The molecule has 0 radical (unpaired) electrons. The van der Waals surface area contributed by atoms with Crippen molar-refractivity contribution in [3.05, 3.63) is 29.3 Å². The van der Waals surface area contributed by atoms with E-state index in [2.05, 4.69) is 0 Å². The Labute approximate surface area is 119 Å². The lowest BCUT2D eigenvalue weighted by molar-refractivity contribution is -0.141. The van der Waals surface area contributed by atoms with Crippen LogP contribution in [0, 0.1) is 0 Å². The highest BCUT2D eigenvalue weighted by molar-refractivity contribution is 6.36. The Morgan fingerprint density at radius 3 is 2.60 bits per heavy atom. The van der Waals surface area contributed by atoms with Crippen LogP contribution in [-0.4, -0.2) is 40.0 Å². The standard InChI is InChI=1S/C13H11ClN2O4/c14-7-3-1-2-4-8(7)16-11(17)9-5-6-10(12(18)19)15(9)13(16)20/h1-4,9-10H,5-6H2,(H,18,19)/t9-,10+/m1/s1. The van der Waals surface area contributed by atoms with Gasteiger partial charge in [-0.15, -0.1) is 0 Å². The molecule has 2 atom stereocenters. The van der Waals surface area contributed by atoms with Crippen LogP contribution in [0.3, 0.4) is 0 Å². The molecular weight excluding hydrogens is 284 g/mol. The summed E-state index contributed by atoms with van der Waals surface area (Å²) in [6.07, 6.45) is 0.663. The zero-order valence-electron chi connectivity index (χ0n) is 10.3. The number of imide groups is 1. The van der Waals surface area contributed by atoms with E-state index in [-0.39, 0.29) is 5.02 Å². The topological polar surface area (TPSA) is 77.9 Å². The molecule has 1 aromatic rings. The molecular formula is C13H11ClN2O4. The summed E-state index contributed by atoms with van der Waals surface area (Å²) in [5.74, 6) is -1.50. The molecule has 0 aromatic heterocycles. The minimum Gasteiger partial charge on any atom is -0.480 e. The largest absolute Gasteiger partial charge is 0.480 e. The summed E-state index contributed by atoms with van der Waals surface area (Å²) in [6, 6.07) is 4.26. The van der Waals surface area contributed by atoms with Gasteiger partial charge in [-0.3, -0.25) is 9.69 Å². The number of para-hydroxylation sites is 1. The van der Waals surface area contributed by atoms with E-state index in [1.54, 1.807) is 24.3 Å². The van der Waals surface area contributed by atoms with Crippen LogP contribution < -0.4 is 4.90 Å². The van der Waals surface area contributed by atoms with Gasteiger partial charge in [0, 0.05) is 0 Å². The number of carbonyl (C=O) groups excluding carboxylic acids is 2. The van der Waals surface area contributed by atoms with E-state index in [4.69, 9.17) is 16.7 Å². The molecule has 0 bridgehead atoms. The predicted octanol–water partition coefficient (Wildman–Crippen LogP) is 1.72. The predicted molar refractivity (Wildman–Crippen MR) is 70.6 cm³/mol. The molecule has 2 heterocycles. The smallest absolute Gasteiger partial charge is 0.332 e. The number of nitrogens with zero attached hydrogens (tertiary/aromatic N) is 2. The fourth-order valence-electron chi connectivity index (χ4n) is 2.78. The Bertz CT molecular complexity index is 618. The number of hydrogen-bond donors (Lipinski definition) is 1. The van der Waals surface area contributed by atoms with Gasteiger partial charge in [0.25, 0.3) is 5.91 Å². The normalized spacial score (nSPS) is 25.2. The van der Waals surface area contributed by atoms with Crippen LogP contribution in [0.25, 0.3) is 0 Å². The minimum atomic E-state index is -1.09. The van der Waals surface area contributed by atoms with E-state index < -0.39 is 30.0 Å². The minimum absolute atomic E-state index is 0.280. The number of carboxylic acids is 1. The fourth-order valence-corrected chi connectivity index (χ4v) is 3.00. The molecule has 3 rings (SSSR count). The van der Waals surface area contributed by atoms with E-state index in [9.17, 15) is 14.4 Å². The molecule has 104 valence electrons. The van der Waals surface area contributed by atoms with Crippen molar-refractivity contribution < 1.29 is 19.5 Å². The summed E-state index contributed by atoms with van der Waals surface area (Å²) < 4.78 is 0. The van der Waals surface area contributed by atoms with Crippen molar-refractivity contribution in [3.63, 3.8) is 0 Å². The molecule has 1 aromatic carbocycles. The molecule has 0 spiro atoms. The van der Waals surface area contributed by atoms with Crippen LogP contribution in [0.15, 0.2) is 24.3 Å². The average Bonchev–Trinajstić information content (AvgIpc) is 2.93. The lowest BCUT2D eigenvalue weighted by Gasteiger charge is -2.20. The molecule has 1 N–H and O–H groups in total. The van der Waals surface area contributed by atoms with Crippen LogP contribution >= 0.6 is 11.6 Å². The fraction of sp³-hybridized carbons (Fsp3) is 0.308. The number of benzene rings is 1. The van der Waals surface area contributed by atoms with Crippen LogP contribution in [0.4, 0.5) is 10.5 Å². The zero-order valence-corrected chi connectivity index (χ0v) is 11.1. The van der Waals surface area contributed by atoms with Gasteiger partial charge in [-0.2, -0.15) is 0 Å². The summed E-state index contributed by atoms with van der Waals surface area (Å²) in [5.41, 5.74) is 0.294.